The van der Waals surface area contributed by atoms with Crippen LogP contribution in [0.15, 0.2) is 17.1 Å². The maximum Gasteiger partial charge on any atom is 0.511 e. The van der Waals surface area contributed by atoms with E-state index in [4.69, 9.17) is 16.7 Å². The van der Waals surface area contributed by atoms with Crippen molar-refractivity contribution >= 4 is 34.3 Å². The lowest BCUT2D eigenvalue weighted by atomic mass is 10.0. The number of ether oxygens (including phenoxy) is 1. The lowest BCUT2D eigenvalue weighted by molar-refractivity contribution is 0.109. The first-order chi connectivity index (χ1) is 12.9. The number of carbonyl (C=O) groups is 1. The third-order valence-electron chi connectivity index (χ3n) is 5.61. The molecule has 7 nitrogen and oxygen atoms in total. The van der Waals surface area contributed by atoms with E-state index in [1.165, 1.54) is 6.20 Å². The molecule has 3 saturated heterocycles. The Labute approximate surface area is 158 Å². The van der Waals surface area contributed by atoms with Gasteiger partial charge < -0.3 is 19.3 Å². The number of aromatic nitrogens is 1. The lowest BCUT2D eigenvalue weighted by Crippen LogP contribution is -2.67. The second-order valence-electron chi connectivity index (χ2n) is 7.35. The number of piperazine rings is 2. The van der Waals surface area contributed by atoms with Gasteiger partial charge in [0, 0.05) is 32.2 Å². The lowest BCUT2D eigenvalue weighted by Gasteiger charge is -2.52. The normalized spacial score (nSPS) is 24.0. The van der Waals surface area contributed by atoms with E-state index < -0.39 is 17.4 Å². The number of carboxylic acid groups (broad SMARTS) is 1. The molecule has 27 heavy (non-hydrogen) atoms. The topological polar surface area (TPSA) is 75.0 Å². The highest BCUT2D eigenvalue weighted by Crippen LogP contribution is 2.43. The predicted octanol–water partition coefficient (Wildman–Crippen LogP) is 2.69. The number of rotatable bonds is 3. The van der Waals surface area contributed by atoms with Crippen LogP contribution in [0.25, 0.3) is 10.9 Å². The van der Waals surface area contributed by atoms with Gasteiger partial charge >= 0.3 is 6.16 Å². The Hall–Kier alpha value is -2.32. The van der Waals surface area contributed by atoms with E-state index in [2.05, 4.69) is 9.64 Å². The molecule has 9 heteroatoms. The van der Waals surface area contributed by atoms with Crippen LogP contribution in [0.4, 0.5) is 14.9 Å². The summed E-state index contributed by atoms with van der Waals surface area (Å²) in [6, 6.07) is 1.48. The molecule has 1 N–H and O–H groups in total. The van der Waals surface area contributed by atoms with E-state index in [0.717, 1.165) is 38.5 Å². The molecule has 0 unspecified atom stereocenters. The summed E-state index contributed by atoms with van der Waals surface area (Å²) in [5.41, 5.74) is 0.0967. The average molecular weight is 394 g/mol. The Balaban J connectivity index is 1.74. The predicted molar refractivity (Wildman–Crippen MR) is 97.7 cm³/mol. The molecular formula is C18H17ClFN3O4. The fourth-order valence-electron chi connectivity index (χ4n) is 4.13. The fourth-order valence-corrected chi connectivity index (χ4v) is 4.52. The van der Waals surface area contributed by atoms with Gasteiger partial charge in [-0.1, -0.05) is 11.6 Å². The van der Waals surface area contributed by atoms with E-state index in [1.807, 2.05) is 4.90 Å². The van der Waals surface area contributed by atoms with Crippen LogP contribution < -0.4 is 15.1 Å². The molecule has 0 radical (unpaired) electrons. The standard InChI is InChI=1S/C18H17ClFN3O4/c19-14-15-11(5-12(20)16(14)22-4-3-21-6-10(22)7-21)17(24)13(27-18(25)26)8-23(15)9-1-2-9/h5,8-10H,1-4,6-7H2,(H,25,26). The van der Waals surface area contributed by atoms with Gasteiger partial charge in [0.1, 0.15) is 5.82 Å². The van der Waals surface area contributed by atoms with E-state index in [9.17, 15) is 9.59 Å². The number of hydrogen-bond donors (Lipinski definition) is 1. The Morgan fingerprint density at radius 1 is 1.26 bits per heavy atom. The highest BCUT2D eigenvalue weighted by atomic mass is 35.5. The van der Waals surface area contributed by atoms with Crippen LogP contribution in [-0.2, 0) is 0 Å². The zero-order chi connectivity index (χ0) is 18.9. The highest BCUT2D eigenvalue weighted by molar-refractivity contribution is 6.38. The Bertz CT molecular complexity index is 1030. The Kier molecular flexibility index (Phi) is 3.64. The maximum absolute atomic E-state index is 15.0. The van der Waals surface area contributed by atoms with Crippen molar-refractivity contribution in [2.45, 2.75) is 24.9 Å². The Morgan fingerprint density at radius 2 is 2.00 bits per heavy atom. The van der Waals surface area contributed by atoms with Crippen LogP contribution in [0.2, 0.25) is 5.02 Å². The third-order valence-corrected chi connectivity index (χ3v) is 5.97. The van der Waals surface area contributed by atoms with Gasteiger partial charge in [0.25, 0.3) is 0 Å². The molecule has 3 aliphatic heterocycles. The molecule has 2 aromatic rings. The number of benzene rings is 1. The second kappa shape index (κ2) is 5.84. The van der Waals surface area contributed by atoms with Crippen molar-refractivity contribution in [2.24, 2.45) is 0 Å². The number of anilines is 1. The number of nitrogens with zero attached hydrogens (tertiary/aromatic N) is 3. The molecule has 0 amide bonds. The van der Waals surface area contributed by atoms with Crippen LogP contribution in [0.5, 0.6) is 5.75 Å². The van der Waals surface area contributed by atoms with Crippen molar-refractivity contribution in [1.29, 1.82) is 0 Å². The quantitative estimate of drug-likeness (QED) is 0.808. The minimum atomic E-state index is -1.58. The van der Waals surface area contributed by atoms with Crippen molar-refractivity contribution in [2.75, 3.05) is 31.1 Å². The first-order valence-electron chi connectivity index (χ1n) is 8.90. The van der Waals surface area contributed by atoms with E-state index in [-0.39, 0.29) is 28.2 Å². The zero-order valence-corrected chi connectivity index (χ0v) is 15.1. The van der Waals surface area contributed by atoms with Gasteiger partial charge in [-0.3, -0.25) is 9.69 Å². The molecule has 1 aromatic carbocycles. The van der Waals surface area contributed by atoms with Gasteiger partial charge in [-0.15, -0.1) is 0 Å². The molecule has 1 saturated carbocycles. The van der Waals surface area contributed by atoms with Crippen LogP contribution >= 0.6 is 11.6 Å². The molecule has 4 heterocycles. The van der Waals surface area contributed by atoms with Gasteiger partial charge in [0.2, 0.25) is 5.43 Å². The van der Waals surface area contributed by atoms with E-state index >= 15 is 4.39 Å². The molecule has 1 aliphatic carbocycles. The molecular weight excluding hydrogens is 377 g/mol. The van der Waals surface area contributed by atoms with Crippen molar-refractivity contribution in [1.82, 2.24) is 9.47 Å². The van der Waals surface area contributed by atoms with Crippen molar-refractivity contribution in [3.63, 3.8) is 0 Å². The van der Waals surface area contributed by atoms with Gasteiger partial charge in [0.15, 0.2) is 5.75 Å². The van der Waals surface area contributed by atoms with Gasteiger partial charge in [0.05, 0.1) is 33.9 Å². The molecule has 0 atom stereocenters. The van der Waals surface area contributed by atoms with Crippen LogP contribution in [0.1, 0.15) is 18.9 Å². The van der Waals surface area contributed by atoms with Crippen LogP contribution in [-0.4, -0.2) is 52.9 Å². The summed E-state index contributed by atoms with van der Waals surface area (Å²) in [7, 11) is 0. The average Bonchev–Trinajstić information content (AvgIpc) is 3.41. The summed E-state index contributed by atoms with van der Waals surface area (Å²) < 4.78 is 21.4. The minimum absolute atomic E-state index is 0.0409. The van der Waals surface area contributed by atoms with Crippen LogP contribution in [0.3, 0.4) is 0 Å². The number of fused-ring (bicyclic) bond motifs is 3. The summed E-state index contributed by atoms with van der Waals surface area (Å²) in [6.07, 6.45) is 1.56. The van der Waals surface area contributed by atoms with E-state index in [0.29, 0.717) is 17.7 Å². The SMILES string of the molecule is O=C(O)Oc1cn(C2CC2)c2c(Cl)c(N3CCN4CC3C4)c(F)cc2c1=O. The first kappa shape index (κ1) is 16.8. The monoisotopic (exact) mass is 393 g/mol. The highest BCUT2D eigenvalue weighted by Gasteiger charge is 2.39. The summed E-state index contributed by atoms with van der Waals surface area (Å²) in [5.74, 6) is -0.905. The fraction of sp³-hybridized carbons (Fsp3) is 0.444. The van der Waals surface area contributed by atoms with Crippen molar-refractivity contribution in [3.05, 3.63) is 33.3 Å². The second-order valence-corrected chi connectivity index (χ2v) is 7.73. The van der Waals surface area contributed by atoms with Crippen LogP contribution in [0, 0.1) is 5.82 Å². The minimum Gasteiger partial charge on any atom is -0.449 e. The Morgan fingerprint density at radius 3 is 2.59 bits per heavy atom. The number of halogens is 2. The summed E-state index contributed by atoms with van der Waals surface area (Å²) in [4.78, 5) is 27.9. The van der Waals surface area contributed by atoms with Crippen molar-refractivity contribution in [3.8, 4) is 5.75 Å². The van der Waals surface area contributed by atoms with Gasteiger partial charge in [-0.05, 0) is 18.9 Å². The summed E-state index contributed by atoms with van der Waals surface area (Å²) in [5, 5.41) is 9.13. The first-order valence-corrected chi connectivity index (χ1v) is 9.28. The molecule has 0 spiro atoms. The smallest absolute Gasteiger partial charge is 0.449 e. The summed E-state index contributed by atoms with van der Waals surface area (Å²) in [6.45, 7) is 3.30. The molecule has 4 fully saturated rings. The van der Waals surface area contributed by atoms with Gasteiger partial charge in [-0.25, -0.2) is 9.18 Å². The third kappa shape index (κ3) is 2.58. The molecule has 6 rings (SSSR count). The zero-order valence-electron chi connectivity index (χ0n) is 14.3. The number of hydrogen-bond acceptors (Lipinski definition) is 5. The molecule has 4 aliphatic rings. The number of pyridine rings is 1. The molecule has 1 aromatic heterocycles. The van der Waals surface area contributed by atoms with E-state index in [1.54, 1.807) is 4.57 Å². The summed E-state index contributed by atoms with van der Waals surface area (Å²) >= 11 is 6.66. The molecule has 2 bridgehead atoms. The van der Waals surface area contributed by atoms with Crippen molar-refractivity contribution < 1.29 is 19.0 Å². The maximum atomic E-state index is 15.0. The largest absolute Gasteiger partial charge is 0.511 e. The van der Waals surface area contributed by atoms with Gasteiger partial charge in [-0.2, -0.15) is 0 Å². The molecule has 142 valence electrons.